The molecule has 0 atom stereocenters. The second-order valence-corrected chi connectivity index (χ2v) is 9.67. The van der Waals surface area contributed by atoms with E-state index in [0.717, 1.165) is 22.0 Å². The van der Waals surface area contributed by atoms with Crippen LogP contribution >= 0.6 is 7.92 Å². The van der Waals surface area contributed by atoms with E-state index in [1.807, 2.05) is 64.4 Å². The van der Waals surface area contributed by atoms with Crippen LogP contribution < -0.4 is 25.7 Å². The van der Waals surface area contributed by atoms with Crippen molar-refractivity contribution in [1.29, 1.82) is 0 Å². The maximum absolute atomic E-state index is 9.65. The molecule has 33 heavy (non-hydrogen) atoms. The number of nitrogens with zero attached hydrogens (tertiary/aromatic N) is 2. The Morgan fingerprint density at radius 3 is 1.24 bits per heavy atom. The van der Waals surface area contributed by atoms with E-state index in [0.29, 0.717) is 26.2 Å². The highest BCUT2D eigenvalue weighted by atomic mass is 31.1. The van der Waals surface area contributed by atoms with Crippen LogP contribution in [0.1, 0.15) is 0 Å². The molecule has 7 heteroatoms. The zero-order chi connectivity index (χ0) is 23.5. The second kappa shape index (κ2) is 13.3. The van der Waals surface area contributed by atoms with Gasteiger partial charge in [0, 0.05) is 48.2 Å². The number of hydrogen-bond acceptors (Lipinski definition) is 6. The number of aliphatic hydroxyl groups is 4. The van der Waals surface area contributed by atoms with Crippen molar-refractivity contribution < 1.29 is 20.4 Å². The Kier molecular flexibility index (Phi) is 10.1. The fourth-order valence-electron chi connectivity index (χ4n) is 4.01. The molecule has 0 bridgehead atoms. The average molecular weight is 469 g/mol. The highest BCUT2D eigenvalue weighted by molar-refractivity contribution is 7.80. The van der Waals surface area contributed by atoms with Gasteiger partial charge in [-0.1, -0.05) is 66.7 Å². The number of anilines is 2. The zero-order valence-corrected chi connectivity index (χ0v) is 19.7. The third-order valence-electron chi connectivity index (χ3n) is 5.42. The van der Waals surface area contributed by atoms with Gasteiger partial charge in [0.2, 0.25) is 0 Å². The number of benzene rings is 3. The third kappa shape index (κ3) is 6.32. The first-order valence-corrected chi connectivity index (χ1v) is 12.6. The molecule has 176 valence electrons. The van der Waals surface area contributed by atoms with Gasteiger partial charge < -0.3 is 30.2 Å². The molecular weight excluding hydrogens is 435 g/mol. The number of aliphatic hydroxyl groups excluding tert-OH is 4. The van der Waals surface area contributed by atoms with E-state index in [-0.39, 0.29) is 26.4 Å². The van der Waals surface area contributed by atoms with Crippen molar-refractivity contribution in [1.82, 2.24) is 0 Å². The molecule has 0 radical (unpaired) electrons. The maximum atomic E-state index is 9.65. The van der Waals surface area contributed by atoms with Crippen molar-refractivity contribution in [2.24, 2.45) is 0 Å². The summed E-state index contributed by atoms with van der Waals surface area (Å²) in [5.41, 5.74) is 1.97. The lowest BCUT2D eigenvalue weighted by molar-refractivity contribution is 0.280. The molecule has 0 fully saturated rings. The average Bonchev–Trinajstić information content (AvgIpc) is 2.85. The topological polar surface area (TPSA) is 87.4 Å². The van der Waals surface area contributed by atoms with Crippen LogP contribution in [0.5, 0.6) is 0 Å². The van der Waals surface area contributed by atoms with E-state index in [2.05, 4.69) is 24.3 Å². The third-order valence-corrected chi connectivity index (χ3v) is 7.96. The zero-order valence-electron chi connectivity index (χ0n) is 18.8. The normalized spacial score (nSPS) is 11.1. The Bertz CT molecular complexity index is 902. The first-order valence-electron chi connectivity index (χ1n) is 11.2. The summed E-state index contributed by atoms with van der Waals surface area (Å²) in [6.45, 7) is 1.70. The molecule has 3 aromatic rings. The standard InChI is InChI=1S/C26H33N2O4P/c29-18-14-27(15-19-30)23-10-4-6-12-25(23)33(22-8-2-1-3-9-22)26-13-7-5-11-24(26)28(16-20-31)17-21-32/h1-13,29-32H,14-21H2. The lowest BCUT2D eigenvalue weighted by Gasteiger charge is -2.32. The number of para-hydroxylation sites is 2. The molecule has 0 unspecified atom stereocenters. The minimum absolute atomic E-state index is 0.00500. The lowest BCUT2D eigenvalue weighted by Crippen LogP contribution is -2.37. The van der Waals surface area contributed by atoms with E-state index in [1.54, 1.807) is 0 Å². The van der Waals surface area contributed by atoms with Crippen LogP contribution in [0.3, 0.4) is 0 Å². The summed E-state index contributed by atoms with van der Waals surface area (Å²) in [6.07, 6.45) is 0. The predicted molar refractivity (Wildman–Crippen MR) is 138 cm³/mol. The van der Waals surface area contributed by atoms with Crippen LogP contribution in [0.25, 0.3) is 0 Å². The highest BCUT2D eigenvalue weighted by Gasteiger charge is 2.25. The highest BCUT2D eigenvalue weighted by Crippen LogP contribution is 2.39. The van der Waals surface area contributed by atoms with Gasteiger partial charge in [0.25, 0.3) is 0 Å². The molecule has 0 aromatic heterocycles. The molecule has 0 aliphatic heterocycles. The smallest absolute Gasteiger partial charge is 0.0606 e. The van der Waals surface area contributed by atoms with Gasteiger partial charge in [-0.15, -0.1) is 0 Å². The molecule has 0 aliphatic carbocycles. The minimum atomic E-state index is -1.01. The summed E-state index contributed by atoms with van der Waals surface area (Å²) in [6, 6.07) is 26.7. The van der Waals surface area contributed by atoms with Gasteiger partial charge in [-0.2, -0.15) is 0 Å². The van der Waals surface area contributed by atoms with E-state index < -0.39 is 7.92 Å². The van der Waals surface area contributed by atoms with Crippen LogP contribution in [-0.4, -0.2) is 73.0 Å². The Hall–Kier alpha value is -2.47. The van der Waals surface area contributed by atoms with Crippen molar-refractivity contribution in [3.8, 4) is 0 Å². The van der Waals surface area contributed by atoms with Crippen molar-refractivity contribution in [3.63, 3.8) is 0 Å². The van der Waals surface area contributed by atoms with Crippen LogP contribution in [0, 0.1) is 0 Å². The Morgan fingerprint density at radius 1 is 0.485 bits per heavy atom. The molecule has 6 nitrogen and oxygen atoms in total. The van der Waals surface area contributed by atoms with Crippen molar-refractivity contribution >= 4 is 35.2 Å². The van der Waals surface area contributed by atoms with Crippen LogP contribution in [-0.2, 0) is 0 Å². The lowest BCUT2D eigenvalue weighted by atomic mass is 10.2. The largest absolute Gasteiger partial charge is 0.395 e. The van der Waals surface area contributed by atoms with Crippen molar-refractivity contribution in [2.45, 2.75) is 0 Å². The number of rotatable bonds is 13. The Morgan fingerprint density at radius 2 is 0.848 bits per heavy atom. The first kappa shape index (κ1) is 25.2. The molecular formula is C26H33N2O4P. The van der Waals surface area contributed by atoms with Gasteiger partial charge in [-0.3, -0.25) is 0 Å². The second-order valence-electron chi connectivity index (χ2n) is 7.52. The van der Waals surface area contributed by atoms with E-state index >= 15 is 0 Å². The summed E-state index contributed by atoms with van der Waals surface area (Å²) in [5.74, 6) is 0. The summed E-state index contributed by atoms with van der Waals surface area (Å²) < 4.78 is 0. The van der Waals surface area contributed by atoms with Crippen molar-refractivity contribution in [2.75, 3.05) is 62.4 Å². The SMILES string of the molecule is OCCN(CCO)c1ccccc1P(c1ccccc1)c1ccccc1N(CCO)CCO. The van der Waals surface area contributed by atoms with Gasteiger partial charge in [0.05, 0.1) is 26.4 Å². The molecule has 0 spiro atoms. The summed E-state index contributed by atoms with van der Waals surface area (Å²) in [4.78, 5) is 4.05. The Balaban J connectivity index is 2.22. The maximum Gasteiger partial charge on any atom is 0.0606 e. The van der Waals surface area contributed by atoms with Gasteiger partial charge in [-0.25, -0.2) is 0 Å². The summed E-state index contributed by atoms with van der Waals surface area (Å²) in [5, 5.41) is 42.0. The molecule has 4 N–H and O–H groups in total. The van der Waals surface area contributed by atoms with E-state index in [1.165, 1.54) is 5.30 Å². The predicted octanol–water partition coefficient (Wildman–Crippen LogP) is 1.03. The van der Waals surface area contributed by atoms with E-state index in [9.17, 15) is 20.4 Å². The van der Waals surface area contributed by atoms with Gasteiger partial charge in [0.15, 0.2) is 0 Å². The van der Waals surface area contributed by atoms with Gasteiger partial charge >= 0.3 is 0 Å². The fourth-order valence-corrected chi connectivity index (χ4v) is 6.66. The number of hydrogen-bond donors (Lipinski definition) is 4. The molecule has 3 aromatic carbocycles. The molecule has 0 saturated carbocycles. The van der Waals surface area contributed by atoms with Crippen molar-refractivity contribution in [3.05, 3.63) is 78.9 Å². The monoisotopic (exact) mass is 468 g/mol. The quantitative estimate of drug-likeness (QED) is 0.281. The Labute approximate surface area is 197 Å². The molecule has 0 saturated heterocycles. The van der Waals surface area contributed by atoms with Crippen LogP contribution in [0.15, 0.2) is 78.9 Å². The van der Waals surface area contributed by atoms with Gasteiger partial charge in [0.1, 0.15) is 0 Å². The molecule has 0 amide bonds. The van der Waals surface area contributed by atoms with Crippen LogP contribution in [0.4, 0.5) is 11.4 Å². The van der Waals surface area contributed by atoms with Gasteiger partial charge in [-0.05, 0) is 25.4 Å². The molecule has 0 heterocycles. The summed E-state index contributed by atoms with van der Waals surface area (Å²) in [7, 11) is -1.01. The van der Waals surface area contributed by atoms with Crippen LogP contribution in [0.2, 0.25) is 0 Å². The first-order chi connectivity index (χ1) is 16.2. The molecule has 0 aliphatic rings. The van der Waals surface area contributed by atoms with E-state index in [4.69, 9.17) is 0 Å². The minimum Gasteiger partial charge on any atom is -0.395 e. The fraction of sp³-hybridized carbons (Fsp3) is 0.308. The molecule has 3 rings (SSSR count). The summed E-state index contributed by atoms with van der Waals surface area (Å²) >= 11 is 0.